The van der Waals surface area contributed by atoms with Crippen LogP contribution in [0.25, 0.3) is 10.8 Å². The van der Waals surface area contributed by atoms with E-state index >= 15 is 0 Å². The summed E-state index contributed by atoms with van der Waals surface area (Å²) >= 11 is 0. The van der Waals surface area contributed by atoms with Gasteiger partial charge in [-0.15, -0.1) is 5.10 Å². The van der Waals surface area contributed by atoms with Crippen LogP contribution < -0.4 is 5.32 Å². The van der Waals surface area contributed by atoms with E-state index in [2.05, 4.69) is 34.6 Å². The maximum atomic E-state index is 5.46. The molecular weight excluding hydrogens is 226 g/mol. The third kappa shape index (κ3) is 1.93. The van der Waals surface area contributed by atoms with Crippen molar-refractivity contribution >= 4 is 16.6 Å². The fourth-order valence-corrected chi connectivity index (χ4v) is 2.38. The summed E-state index contributed by atoms with van der Waals surface area (Å²) in [6.45, 7) is 5.67. The molecule has 1 fully saturated rings. The summed E-state index contributed by atoms with van der Waals surface area (Å²) in [6, 6.07) is 8.22. The molecule has 0 radical (unpaired) electrons. The molecule has 1 atom stereocenters. The van der Waals surface area contributed by atoms with Gasteiger partial charge in [0.2, 0.25) is 0 Å². The third-order valence-corrected chi connectivity index (χ3v) is 3.51. The second kappa shape index (κ2) is 4.21. The summed E-state index contributed by atoms with van der Waals surface area (Å²) < 4.78 is 5.46. The molecule has 2 aromatic rings. The van der Waals surface area contributed by atoms with Gasteiger partial charge in [-0.25, -0.2) is 0 Å². The Morgan fingerprint density at radius 2 is 2.00 bits per heavy atom. The van der Waals surface area contributed by atoms with Gasteiger partial charge in [0.05, 0.1) is 17.8 Å². The van der Waals surface area contributed by atoms with E-state index in [0.717, 1.165) is 41.9 Å². The number of aryl methyl sites for hydroxylation is 1. The summed E-state index contributed by atoms with van der Waals surface area (Å²) in [7, 11) is 0. The maximum absolute atomic E-state index is 5.46. The first-order valence-corrected chi connectivity index (χ1v) is 6.26. The number of benzene rings is 1. The van der Waals surface area contributed by atoms with Gasteiger partial charge in [0.1, 0.15) is 0 Å². The zero-order valence-electron chi connectivity index (χ0n) is 10.7. The van der Waals surface area contributed by atoms with E-state index < -0.39 is 0 Å². The van der Waals surface area contributed by atoms with Crippen molar-refractivity contribution in [1.29, 1.82) is 0 Å². The van der Waals surface area contributed by atoms with Crippen LogP contribution in [-0.4, -0.2) is 29.0 Å². The quantitative estimate of drug-likeness (QED) is 0.880. The highest BCUT2D eigenvalue weighted by Gasteiger charge is 2.30. The van der Waals surface area contributed by atoms with Crippen molar-refractivity contribution in [2.75, 3.05) is 18.5 Å². The number of nitrogens with one attached hydrogen (secondary N) is 1. The second-order valence-electron chi connectivity index (χ2n) is 5.17. The lowest BCUT2D eigenvalue weighted by Gasteiger charge is -2.24. The molecule has 94 valence electrons. The Kier molecular flexibility index (Phi) is 2.67. The van der Waals surface area contributed by atoms with Gasteiger partial charge in [0.25, 0.3) is 0 Å². The molecular formula is C14H17N3O. The van der Waals surface area contributed by atoms with Gasteiger partial charge in [-0.3, -0.25) is 0 Å². The molecule has 2 heterocycles. The molecule has 0 spiro atoms. The van der Waals surface area contributed by atoms with Crippen molar-refractivity contribution < 1.29 is 4.74 Å². The average molecular weight is 243 g/mol. The summed E-state index contributed by atoms with van der Waals surface area (Å²) in [5.74, 6) is 0.851. The molecule has 1 aromatic carbocycles. The minimum absolute atomic E-state index is 0.0350. The maximum Gasteiger partial charge on any atom is 0.157 e. The Morgan fingerprint density at radius 3 is 2.72 bits per heavy atom. The van der Waals surface area contributed by atoms with Gasteiger partial charge in [-0.2, -0.15) is 5.10 Å². The van der Waals surface area contributed by atoms with Crippen LogP contribution in [0.15, 0.2) is 24.3 Å². The molecule has 1 aliphatic heterocycles. The number of anilines is 1. The van der Waals surface area contributed by atoms with Crippen LogP contribution in [0.4, 0.5) is 5.82 Å². The second-order valence-corrected chi connectivity index (χ2v) is 5.17. The topological polar surface area (TPSA) is 47.0 Å². The highest BCUT2D eigenvalue weighted by molar-refractivity contribution is 5.93. The normalized spacial score (nSPS) is 23.4. The fourth-order valence-electron chi connectivity index (χ4n) is 2.38. The number of aromatic nitrogens is 2. The Hall–Kier alpha value is -1.68. The molecule has 0 bridgehead atoms. The first kappa shape index (κ1) is 11.4. The summed E-state index contributed by atoms with van der Waals surface area (Å²) in [5, 5.41) is 14.3. The van der Waals surface area contributed by atoms with E-state index in [1.165, 1.54) is 0 Å². The van der Waals surface area contributed by atoms with Crippen LogP contribution in [0.1, 0.15) is 19.0 Å². The van der Waals surface area contributed by atoms with Crippen LogP contribution in [-0.2, 0) is 4.74 Å². The SMILES string of the molecule is Cc1nnc(NC2(C)CCOC2)c2ccccc12. The molecule has 4 nitrogen and oxygen atoms in total. The van der Waals surface area contributed by atoms with Crippen LogP contribution in [0.2, 0.25) is 0 Å². The molecule has 0 amide bonds. The van der Waals surface area contributed by atoms with Crippen LogP contribution in [0, 0.1) is 6.92 Å². The number of rotatable bonds is 2. The number of ether oxygens (including phenoxy) is 1. The third-order valence-electron chi connectivity index (χ3n) is 3.51. The lowest BCUT2D eigenvalue weighted by atomic mass is 10.0. The Balaban J connectivity index is 2.04. The highest BCUT2D eigenvalue weighted by Crippen LogP contribution is 2.28. The van der Waals surface area contributed by atoms with E-state index in [4.69, 9.17) is 4.74 Å². The fraction of sp³-hybridized carbons (Fsp3) is 0.429. The number of nitrogens with zero attached hydrogens (tertiary/aromatic N) is 2. The Morgan fingerprint density at radius 1 is 1.22 bits per heavy atom. The van der Waals surface area contributed by atoms with E-state index in [9.17, 15) is 0 Å². The minimum Gasteiger partial charge on any atom is -0.379 e. The van der Waals surface area contributed by atoms with E-state index in [1.807, 2.05) is 19.1 Å². The largest absolute Gasteiger partial charge is 0.379 e. The first-order chi connectivity index (χ1) is 8.68. The zero-order valence-corrected chi connectivity index (χ0v) is 10.7. The molecule has 1 aliphatic rings. The lowest BCUT2D eigenvalue weighted by Crippen LogP contribution is -2.35. The van der Waals surface area contributed by atoms with Crippen LogP contribution in [0.3, 0.4) is 0 Å². The molecule has 1 unspecified atom stereocenters. The van der Waals surface area contributed by atoms with Crippen molar-refractivity contribution in [2.24, 2.45) is 0 Å². The molecule has 0 aliphatic carbocycles. The predicted octanol–water partition coefficient (Wildman–Crippen LogP) is 2.53. The monoisotopic (exact) mass is 243 g/mol. The van der Waals surface area contributed by atoms with Crippen molar-refractivity contribution in [1.82, 2.24) is 10.2 Å². The first-order valence-electron chi connectivity index (χ1n) is 6.26. The Labute approximate surface area is 106 Å². The van der Waals surface area contributed by atoms with Crippen molar-refractivity contribution in [2.45, 2.75) is 25.8 Å². The average Bonchev–Trinajstić information content (AvgIpc) is 2.80. The lowest BCUT2D eigenvalue weighted by molar-refractivity contribution is 0.185. The van der Waals surface area contributed by atoms with Crippen molar-refractivity contribution in [3.63, 3.8) is 0 Å². The summed E-state index contributed by atoms with van der Waals surface area (Å²) in [4.78, 5) is 0. The highest BCUT2D eigenvalue weighted by atomic mass is 16.5. The molecule has 18 heavy (non-hydrogen) atoms. The molecule has 1 N–H and O–H groups in total. The molecule has 0 saturated carbocycles. The number of hydrogen-bond acceptors (Lipinski definition) is 4. The van der Waals surface area contributed by atoms with Gasteiger partial charge in [0.15, 0.2) is 5.82 Å². The smallest absolute Gasteiger partial charge is 0.157 e. The van der Waals surface area contributed by atoms with Crippen molar-refractivity contribution in [3.8, 4) is 0 Å². The number of fused-ring (bicyclic) bond motifs is 1. The van der Waals surface area contributed by atoms with Crippen LogP contribution in [0.5, 0.6) is 0 Å². The van der Waals surface area contributed by atoms with Crippen molar-refractivity contribution in [3.05, 3.63) is 30.0 Å². The molecule has 1 saturated heterocycles. The van der Waals surface area contributed by atoms with Crippen LogP contribution >= 0.6 is 0 Å². The Bertz CT molecular complexity index is 576. The van der Waals surface area contributed by atoms with Gasteiger partial charge >= 0.3 is 0 Å². The van der Waals surface area contributed by atoms with Gasteiger partial charge in [-0.05, 0) is 20.3 Å². The van der Waals surface area contributed by atoms with E-state index in [-0.39, 0.29) is 5.54 Å². The van der Waals surface area contributed by atoms with Gasteiger partial charge in [0, 0.05) is 17.4 Å². The minimum atomic E-state index is -0.0350. The summed E-state index contributed by atoms with van der Waals surface area (Å²) in [6.07, 6.45) is 0.997. The number of hydrogen-bond donors (Lipinski definition) is 1. The summed E-state index contributed by atoms with van der Waals surface area (Å²) in [5.41, 5.74) is 0.927. The zero-order chi connectivity index (χ0) is 12.6. The molecule has 1 aromatic heterocycles. The van der Waals surface area contributed by atoms with E-state index in [1.54, 1.807) is 0 Å². The molecule has 3 rings (SSSR count). The predicted molar refractivity (Wildman–Crippen MR) is 71.7 cm³/mol. The van der Waals surface area contributed by atoms with E-state index in [0.29, 0.717) is 0 Å². The van der Waals surface area contributed by atoms with Gasteiger partial charge in [-0.1, -0.05) is 24.3 Å². The standard InChI is InChI=1S/C14H17N3O/c1-10-11-5-3-4-6-12(11)13(17-16-10)15-14(2)7-8-18-9-14/h3-6H,7-9H2,1-2H3,(H,15,17). The van der Waals surface area contributed by atoms with Gasteiger partial charge < -0.3 is 10.1 Å². The molecule has 4 heteroatoms.